The molecule has 1 heterocycles. The van der Waals surface area contributed by atoms with Crippen LogP contribution in [0.5, 0.6) is 0 Å². The topological polar surface area (TPSA) is 34.9 Å². The molecule has 0 aliphatic heterocycles. The number of aryl methyl sites for hydroxylation is 2. The van der Waals surface area contributed by atoms with Crippen LogP contribution in [0.2, 0.25) is 5.02 Å². The van der Waals surface area contributed by atoms with Crippen molar-refractivity contribution >= 4 is 17.4 Å². The van der Waals surface area contributed by atoms with Gasteiger partial charge >= 0.3 is 0 Å². The van der Waals surface area contributed by atoms with Crippen molar-refractivity contribution in [2.24, 2.45) is 0 Å². The van der Waals surface area contributed by atoms with Gasteiger partial charge in [0.1, 0.15) is 5.78 Å². The quantitative estimate of drug-likeness (QED) is 0.720. The van der Waals surface area contributed by atoms with Gasteiger partial charge in [0.2, 0.25) is 0 Å². The number of hydrogen-bond acceptors (Lipinski definition) is 2. The number of hydrogen-bond donors (Lipinski definition) is 0. The standard InChI is InChI=1S/C14H23ClN2O/c1-4-8-11(18)9-7-10-13-14(15)12(5-2)16-17(13)6-3/h4-10H2,1-3H3. The minimum atomic E-state index is 0.354. The number of Topliss-reactive ketones (excluding diaryl/α,β-unsaturated/α-hetero) is 1. The summed E-state index contributed by atoms with van der Waals surface area (Å²) in [5.74, 6) is 0.354. The predicted octanol–water partition coefficient (Wildman–Crippen LogP) is 3.81. The number of carbonyl (C=O) groups excluding carboxylic acids is 1. The van der Waals surface area contributed by atoms with E-state index >= 15 is 0 Å². The van der Waals surface area contributed by atoms with Crippen LogP contribution in [0.3, 0.4) is 0 Å². The molecule has 1 rings (SSSR count). The molecule has 0 aliphatic carbocycles. The van der Waals surface area contributed by atoms with Crippen molar-refractivity contribution in [3.05, 3.63) is 16.4 Å². The first-order valence-electron chi connectivity index (χ1n) is 6.89. The Morgan fingerprint density at radius 1 is 1.28 bits per heavy atom. The molecule has 0 saturated carbocycles. The highest BCUT2D eigenvalue weighted by Gasteiger charge is 2.14. The van der Waals surface area contributed by atoms with Crippen molar-refractivity contribution in [3.8, 4) is 0 Å². The Morgan fingerprint density at radius 2 is 2.00 bits per heavy atom. The Bertz CT molecular complexity index is 399. The lowest BCUT2D eigenvalue weighted by Crippen LogP contribution is -2.04. The first-order chi connectivity index (χ1) is 8.63. The third-order valence-corrected chi connectivity index (χ3v) is 3.53. The summed E-state index contributed by atoms with van der Waals surface area (Å²) in [4.78, 5) is 11.5. The van der Waals surface area contributed by atoms with Gasteiger partial charge in [-0.05, 0) is 32.6 Å². The summed E-state index contributed by atoms with van der Waals surface area (Å²) in [6, 6.07) is 0. The third-order valence-electron chi connectivity index (χ3n) is 3.09. The molecule has 1 aromatic heterocycles. The van der Waals surface area contributed by atoms with E-state index in [-0.39, 0.29) is 0 Å². The molecule has 18 heavy (non-hydrogen) atoms. The zero-order chi connectivity index (χ0) is 13.5. The van der Waals surface area contributed by atoms with Gasteiger partial charge < -0.3 is 0 Å². The van der Waals surface area contributed by atoms with Gasteiger partial charge in [0.25, 0.3) is 0 Å². The van der Waals surface area contributed by atoms with Crippen molar-refractivity contribution in [1.29, 1.82) is 0 Å². The van der Waals surface area contributed by atoms with E-state index < -0.39 is 0 Å². The van der Waals surface area contributed by atoms with Crippen molar-refractivity contribution in [2.45, 2.75) is 65.8 Å². The zero-order valence-electron chi connectivity index (χ0n) is 11.6. The molecule has 3 nitrogen and oxygen atoms in total. The monoisotopic (exact) mass is 270 g/mol. The van der Waals surface area contributed by atoms with Gasteiger partial charge in [-0.1, -0.05) is 25.4 Å². The highest BCUT2D eigenvalue weighted by atomic mass is 35.5. The van der Waals surface area contributed by atoms with Gasteiger partial charge in [0.15, 0.2) is 0 Å². The van der Waals surface area contributed by atoms with Crippen molar-refractivity contribution in [1.82, 2.24) is 9.78 Å². The molecular weight excluding hydrogens is 248 g/mol. The van der Waals surface area contributed by atoms with Gasteiger partial charge in [-0.3, -0.25) is 9.48 Å². The summed E-state index contributed by atoms with van der Waals surface area (Å²) < 4.78 is 1.96. The lowest BCUT2D eigenvalue weighted by atomic mass is 10.1. The van der Waals surface area contributed by atoms with Crippen LogP contribution in [-0.4, -0.2) is 15.6 Å². The van der Waals surface area contributed by atoms with E-state index in [1.54, 1.807) is 0 Å². The molecule has 4 heteroatoms. The maximum absolute atomic E-state index is 11.5. The molecule has 102 valence electrons. The largest absolute Gasteiger partial charge is 0.300 e. The minimum absolute atomic E-state index is 0.354. The Kier molecular flexibility index (Phi) is 6.41. The highest BCUT2D eigenvalue weighted by Crippen LogP contribution is 2.23. The number of nitrogens with zero attached hydrogens (tertiary/aromatic N) is 2. The number of ketones is 1. The van der Waals surface area contributed by atoms with Gasteiger partial charge in [0.05, 0.1) is 16.4 Å². The predicted molar refractivity (Wildman–Crippen MR) is 75.1 cm³/mol. The smallest absolute Gasteiger partial charge is 0.132 e. The lowest BCUT2D eigenvalue weighted by Gasteiger charge is -2.04. The summed E-state index contributed by atoms with van der Waals surface area (Å²) in [6.07, 6.45) is 4.85. The zero-order valence-corrected chi connectivity index (χ0v) is 12.4. The van der Waals surface area contributed by atoms with Crippen LogP contribution in [0.1, 0.15) is 57.8 Å². The summed E-state index contributed by atoms with van der Waals surface area (Å²) in [6.45, 7) is 6.99. The molecule has 0 fully saturated rings. The second-order valence-corrected chi connectivity index (χ2v) is 4.90. The average Bonchev–Trinajstić information content (AvgIpc) is 2.66. The Hall–Kier alpha value is -0.830. The van der Waals surface area contributed by atoms with E-state index in [1.165, 1.54) is 0 Å². The molecule has 0 saturated heterocycles. The Morgan fingerprint density at radius 3 is 2.56 bits per heavy atom. The van der Waals surface area contributed by atoms with Crippen LogP contribution >= 0.6 is 11.6 Å². The van der Waals surface area contributed by atoms with E-state index in [1.807, 2.05) is 11.6 Å². The summed E-state index contributed by atoms with van der Waals surface area (Å²) in [5, 5.41) is 5.27. The molecule has 0 atom stereocenters. The molecule has 0 radical (unpaired) electrons. The van der Waals surface area contributed by atoms with E-state index in [9.17, 15) is 4.79 Å². The van der Waals surface area contributed by atoms with Crippen molar-refractivity contribution in [2.75, 3.05) is 0 Å². The first kappa shape index (κ1) is 15.2. The van der Waals surface area contributed by atoms with Crippen molar-refractivity contribution in [3.63, 3.8) is 0 Å². The normalized spacial score (nSPS) is 10.9. The van der Waals surface area contributed by atoms with Gasteiger partial charge in [-0.2, -0.15) is 5.10 Å². The van der Waals surface area contributed by atoms with E-state index in [0.717, 1.165) is 48.6 Å². The molecule has 0 aromatic carbocycles. The van der Waals surface area contributed by atoms with Crippen molar-refractivity contribution < 1.29 is 4.79 Å². The second kappa shape index (κ2) is 7.57. The maximum Gasteiger partial charge on any atom is 0.132 e. The summed E-state index contributed by atoms with van der Waals surface area (Å²) in [5.41, 5.74) is 2.05. The third kappa shape index (κ3) is 3.84. The molecule has 0 spiro atoms. The molecule has 0 amide bonds. The van der Waals surface area contributed by atoms with Gasteiger partial charge in [-0.15, -0.1) is 0 Å². The average molecular weight is 271 g/mol. The van der Waals surface area contributed by atoms with Crippen LogP contribution in [0.15, 0.2) is 0 Å². The summed E-state index contributed by atoms with van der Waals surface area (Å²) >= 11 is 6.32. The minimum Gasteiger partial charge on any atom is -0.300 e. The van der Waals surface area contributed by atoms with Crippen LogP contribution in [0.25, 0.3) is 0 Å². The van der Waals surface area contributed by atoms with E-state index in [4.69, 9.17) is 11.6 Å². The fourth-order valence-electron chi connectivity index (χ4n) is 2.11. The number of carbonyl (C=O) groups is 1. The fraction of sp³-hybridized carbons (Fsp3) is 0.714. The number of rotatable bonds is 8. The highest BCUT2D eigenvalue weighted by molar-refractivity contribution is 6.31. The van der Waals surface area contributed by atoms with Gasteiger partial charge in [-0.25, -0.2) is 0 Å². The Balaban J connectivity index is 2.61. The fourth-order valence-corrected chi connectivity index (χ4v) is 2.48. The SMILES string of the molecule is CCCC(=O)CCCc1c(Cl)c(CC)nn1CC. The molecule has 0 N–H and O–H groups in total. The molecule has 0 bridgehead atoms. The van der Waals surface area contributed by atoms with Crippen LogP contribution in [0, 0.1) is 0 Å². The maximum atomic E-state index is 11.5. The van der Waals surface area contributed by atoms with Crippen LogP contribution in [0.4, 0.5) is 0 Å². The van der Waals surface area contributed by atoms with E-state index in [0.29, 0.717) is 18.6 Å². The molecule has 0 unspecified atom stereocenters. The van der Waals surface area contributed by atoms with Crippen LogP contribution in [-0.2, 0) is 24.2 Å². The molecular formula is C14H23ClN2O. The van der Waals surface area contributed by atoms with Crippen LogP contribution < -0.4 is 0 Å². The lowest BCUT2D eigenvalue weighted by molar-refractivity contribution is -0.119. The number of aromatic nitrogens is 2. The second-order valence-electron chi connectivity index (χ2n) is 4.52. The molecule has 0 aliphatic rings. The number of halogens is 1. The van der Waals surface area contributed by atoms with E-state index in [2.05, 4.69) is 18.9 Å². The Labute approximate surface area is 115 Å². The molecule has 1 aromatic rings. The summed E-state index contributed by atoms with van der Waals surface area (Å²) in [7, 11) is 0. The first-order valence-corrected chi connectivity index (χ1v) is 7.27. The van der Waals surface area contributed by atoms with Gasteiger partial charge in [0, 0.05) is 19.4 Å².